The SMILES string of the molecule is Cn1nc(C2CCC(=O)NC2=O)c2cnc(N3CCC(CC4CCN(C=O)CC4)CC3)c(F)c21. The second-order valence-electron chi connectivity index (χ2n) is 9.92. The van der Waals surface area contributed by atoms with Crippen molar-refractivity contribution in [2.24, 2.45) is 18.9 Å². The Hall–Kier alpha value is -3.04. The van der Waals surface area contributed by atoms with Gasteiger partial charge >= 0.3 is 0 Å². The zero-order valence-electron chi connectivity index (χ0n) is 19.5. The van der Waals surface area contributed by atoms with Crippen molar-refractivity contribution in [1.82, 2.24) is 25.0 Å². The number of amides is 3. The second-order valence-corrected chi connectivity index (χ2v) is 9.92. The van der Waals surface area contributed by atoms with Crippen LogP contribution in [-0.4, -0.2) is 64.1 Å². The third-order valence-corrected chi connectivity index (χ3v) is 7.78. The average molecular weight is 471 g/mol. The Bertz CT molecular complexity index is 1100. The highest BCUT2D eigenvalue weighted by molar-refractivity contribution is 6.02. The van der Waals surface area contributed by atoms with Gasteiger partial charge in [-0.15, -0.1) is 0 Å². The van der Waals surface area contributed by atoms with Crippen LogP contribution in [-0.2, 0) is 21.4 Å². The van der Waals surface area contributed by atoms with Crippen molar-refractivity contribution < 1.29 is 18.8 Å². The minimum atomic E-state index is -0.581. The predicted molar refractivity (Wildman–Crippen MR) is 124 cm³/mol. The van der Waals surface area contributed by atoms with Crippen LogP contribution in [0.2, 0.25) is 0 Å². The van der Waals surface area contributed by atoms with Crippen LogP contribution in [0, 0.1) is 17.7 Å². The Labute approximate surface area is 197 Å². The van der Waals surface area contributed by atoms with E-state index in [1.54, 1.807) is 13.2 Å². The van der Waals surface area contributed by atoms with Crippen LogP contribution in [0.4, 0.5) is 10.2 Å². The fraction of sp³-hybridized carbons (Fsp3) is 0.625. The number of nitrogens with zero attached hydrogens (tertiary/aromatic N) is 5. The van der Waals surface area contributed by atoms with E-state index in [-0.39, 0.29) is 18.2 Å². The summed E-state index contributed by atoms with van der Waals surface area (Å²) < 4.78 is 17.1. The largest absolute Gasteiger partial charge is 0.354 e. The Balaban J connectivity index is 1.27. The molecule has 3 aliphatic heterocycles. The lowest BCUT2D eigenvalue weighted by Crippen LogP contribution is -2.39. The lowest BCUT2D eigenvalue weighted by atomic mass is 9.83. The lowest BCUT2D eigenvalue weighted by Gasteiger charge is -2.36. The predicted octanol–water partition coefficient (Wildman–Crippen LogP) is 2.10. The fourth-order valence-corrected chi connectivity index (χ4v) is 5.82. The summed E-state index contributed by atoms with van der Waals surface area (Å²) in [4.78, 5) is 43.1. The standard InChI is InChI=1S/C24H31FN6O3/c1-29-22-18(21(28-29)17-2-3-19(33)27-24(17)34)13-26-23(20(22)25)31-10-6-16(7-11-31)12-15-4-8-30(14-32)9-5-15/h13-17H,2-12H2,1H3,(H,27,33,34). The number of halogens is 1. The Morgan fingerprint density at radius 3 is 2.41 bits per heavy atom. The Morgan fingerprint density at radius 1 is 1.09 bits per heavy atom. The first kappa shape index (κ1) is 22.7. The van der Waals surface area contributed by atoms with Crippen molar-refractivity contribution in [3.8, 4) is 0 Å². The van der Waals surface area contributed by atoms with Gasteiger partial charge < -0.3 is 9.80 Å². The van der Waals surface area contributed by atoms with Gasteiger partial charge in [0.25, 0.3) is 0 Å². The highest BCUT2D eigenvalue weighted by Crippen LogP contribution is 2.35. The molecule has 0 bridgehead atoms. The van der Waals surface area contributed by atoms with E-state index < -0.39 is 11.7 Å². The molecule has 1 atom stereocenters. The molecule has 0 spiro atoms. The van der Waals surface area contributed by atoms with Crippen molar-refractivity contribution in [1.29, 1.82) is 0 Å². The molecule has 3 amide bonds. The van der Waals surface area contributed by atoms with E-state index in [1.165, 1.54) is 11.1 Å². The van der Waals surface area contributed by atoms with Crippen LogP contribution >= 0.6 is 0 Å². The molecule has 10 heteroatoms. The quantitative estimate of drug-likeness (QED) is 0.531. The van der Waals surface area contributed by atoms with Gasteiger partial charge in [-0.3, -0.25) is 24.4 Å². The minimum Gasteiger partial charge on any atom is -0.354 e. The Morgan fingerprint density at radius 2 is 1.76 bits per heavy atom. The van der Waals surface area contributed by atoms with E-state index in [0.29, 0.717) is 40.7 Å². The highest BCUT2D eigenvalue weighted by Gasteiger charge is 2.33. The first-order chi connectivity index (χ1) is 16.4. The molecule has 1 N–H and O–H groups in total. The molecule has 3 saturated heterocycles. The van der Waals surface area contributed by atoms with Crippen LogP contribution in [0.25, 0.3) is 10.9 Å². The number of hydrogen-bond acceptors (Lipinski definition) is 6. The third-order valence-electron chi connectivity index (χ3n) is 7.78. The van der Waals surface area contributed by atoms with Gasteiger partial charge in [-0.2, -0.15) is 5.10 Å². The summed E-state index contributed by atoms with van der Waals surface area (Å²) in [6, 6.07) is 0. The molecule has 2 aromatic rings. The summed E-state index contributed by atoms with van der Waals surface area (Å²) in [6.07, 6.45) is 8.49. The highest BCUT2D eigenvalue weighted by atomic mass is 19.1. The first-order valence-corrected chi connectivity index (χ1v) is 12.2. The van der Waals surface area contributed by atoms with Crippen LogP contribution in [0.15, 0.2) is 6.20 Å². The van der Waals surface area contributed by atoms with E-state index in [2.05, 4.69) is 15.4 Å². The number of aromatic nitrogens is 3. The summed E-state index contributed by atoms with van der Waals surface area (Å²) >= 11 is 0. The van der Waals surface area contributed by atoms with E-state index in [4.69, 9.17) is 0 Å². The van der Waals surface area contributed by atoms with Gasteiger partial charge in [-0.05, 0) is 50.4 Å². The van der Waals surface area contributed by atoms with Gasteiger partial charge in [0.2, 0.25) is 18.2 Å². The minimum absolute atomic E-state index is 0.244. The molecule has 5 rings (SSSR count). The van der Waals surface area contributed by atoms with E-state index >= 15 is 4.39 Å². The monoisotopic (exact) mass is 470 g/mol. The number of nitrogens with one attached hydrogen (secondary N) is 1. The number of likely N-dealkylation sites (tertiary alicyclic amines) is 1. The van der Waals surface area contributed by atoms with Crippen molar-refractivity contribution in [2.75, 3.05) is 31.1 Å². The second kappa shape index (κ2) is 9.31. The molecule has 182 valence electrons. The molecule has 0 aromatic carbocycles. The van der Waals surface area contributed by atoms with Crippen LogP contribution in [0.1, 0.15) is 56.6 Å². The topological polar surface area (TPSA) is 100 Å². The van der Waals surface area contributed by atoms with Gasteiger partial charge in [0.1, 0.15) is 5.52 Å². The number of hydrogen-bond donors (Lipinski definition) is 1. The summed E-state index contributed by atoms with van der Waals surface area (Å²) in [5, 5.41) is 7.32. The van der Waals surface area contributed by atoms with Crippen LogP contribution in [0.5, 0.6) is 0 Å². The number of rotatable bonds is 5. The van der Waals surface area contributed by atoms with Crippen molar-refractivity contribution in [3.05, 3.63) is 17.7 Å². The normalized spacial score (nSPS) is 22.9. The Kier molecular flexibility index (Phi) is 6.22. The number of imide groups is 1. The first-order valence-electron chi connectivity index (χ1n) is 12.2. The zero-order valence-corrected chi connectivity index (χ0v) is 19.5. The number of carbonyl (C=O) groups excluding carboxylic acids is 3. The van der Waals surface area contributed by atoms with Gasteiger partial charge in [0.15, 0.2) is 11.6 Å². The fourth-order valence-electron chi connectivity index (χ4n) is 5.82. The molecule has 0 saturated carbocycles. The molecule has 34 heavy (non-hydrogen) atoms. The maximum absolute atomic E-state index is 15.6. The molecular formula is C24H31FN6O3. The molecule has 0 radical (unpaired) electrons. The van der Waals surface area contributed by atoms with Crippen LogP contribution in [0.3, 0.4) is 0 Å². The van der Waals surface area contributed by atoms with E-state index in [1.807, 2.05) is 9.80 Å². The average Bonchev–Trinajstić information content (AvgIpc) is 3.17. The molecule has 1 unspecified atom stereocenters. The third kappa shape index (κ3) is 4.25. The molecule has 9 nitrogen and oxygen atoms in total. The lowest BCUT2D eigenvalue weighted by molar-refractivity contribution is -0.134. The number of pyridine rings is 1. The summed E-state index contributed by atoms with van der Waals surface area (Å²) in [5.74, 6) is -0.0512. The number of carbonyl (C=O) groups is 3. The van der Waals surface area contributed by atoms with Gasteiger partial charge in [0, 0.05) is 51.2 Å². The molecule has 3 fully saturated rings. The van der Waals surface area contributed by atoms with Gasteiger partial charge in [-0.1, -0.05) is 0 Å². The smallest absolute Gasteiger partial charge is 0.235 e. The summed E-state index contributed by atoms with van der Waals surface area (Å²) in [6.45, 7) is 3.22. The molecule has 2 aromatic heterocycles. The number of piperidine rings is 3. The summed E-state index contributed by atoms with van der Waals surface area (Å²) in [7, 11) is 1.67. The van der Waals surface area contributed by atoms with Gasteiger partial charge in [-0.25, -0.2) is 9.37 Å². The number of anilines is 1. The van der Waals surface area contributed by atoms with Crippen LogP contribution < -0.4 is 10.2 Å². The van der Waals surface area contributed by atoms with Crippen molar-refractivity contribution in [2.45, 2.75) is 50.9 Å². The summed E-state index contributed by atoms with van der Waals surface area (Å²) in [5.41, 5.74) is 0.813. The van der Waals surface area contributed by atoms with Crippen molar-refractivity contribution >= 4 is 34.9 Å². The molecule has 3 aliphatic rings. The van der Waals surface area contributed by atoms with E-state index in [9.17, 15) is 14.4 Å². The zero-order chi connectivity index (χ0) is 23.8. The van der Waals surface area contributed by atoms with Crippen molar-refractivity contribution in [3.63, 3.8) is 0 Å². The molecule has 0 aliphatic carbocycles. The molecular weight excluding hydrogens is 439 g/mol. The maximum atomic E-state index is 15.6. The van der Waals surface area contributed by atoms with E-state index in [0.717, 1.165) is 58.3 Å². The maximum Gasteiger partial charge on any atom is 0.235 e. The van der Waals surface area contributed by atoms with Gasteiger partial charge in [0.05, 0.1) is 11.6 Å². The number of aryl methyl sites for hydroxylation is 1. The number of fused-ring (bicyclic) bond motifs is 1. The molecule has 5 heterocycles.